The number of methoxy groups -OCH3 is 1. The third-order valence-corrected chi connectivity index (χ3v) is 3.11. The van der Waals surface area contributed by atoms with Crippen LogP contribution in [0.15, 0.2) is 9.59 Å². The summed E-state index contributed by atoms with van der Waals surface area (Å²) >= 11 is 0. The maximum absolute atomic E-state index is 12.3. The van der Waals surface area contributed by atoms with Crippen molar-refractivity contribution in [3.8, 4) is 0 Å². The molecular formula is C12H16N4O5. The van der Waals surface area contributed by atoms with Gasteiger partial charge >= 0.3 is 11.7 Å². The molecule has 9 nitrogen and oxygen atoms in total. The first-order valence-corrected chi connectivity index (χ1v) is 6.46. The van der Waals surface area contributed by atoms with E-state index >= 15 is 0 Å². The highest BCUT2D eigenvalue weighted by atomic mass is 16.5. The molecule has 0 fully saturated rings. The number of rotatable bonds is 6. The van der Waals surface area contributed by atoms with Gasteiger partial charge in [0.05, 0.1) is 0 Å². The molecule has 0 aliphatic rings. The Balaban J connectivity index is 2.71. The second-order valence-corrected chi connectivity index (χ2v) is 4.42. The molecule has 0 aliphatic carbocycles. The molecule has 2 heterocycles. The van der Waals surface area contributed by atoms with Crippen molar-refractivity contribution in [1.82, 2.24) is 19.1 Å². The summed E-state index contributed by atoms with van der Waals surface area (Å²) in [6.45, 7) is 2.59. The van der Waals surface area contributed by atoms with Crippen molar-refractivity contribution < 1.29 is 14.6 Å². The maximum atomic E-state index is 12.3. The standard InChI is InChI=1S/C12H16N4O5/c1-3-15-10(17)7-9(14-8(13-7)11(18)19)16(12(15)20)5-4-6-21-2/h3-6H2,1-2H3,(H,13,14)(H,18,19). The fraction of sp³-hybridized carbons (Fsp3) is 0.500. The van der Waals surface area contributed by atoms with Gasteiger partial charge < -0.3 is 14.8 Å². The first kappa shape index (κ1) is 15.0. The number of carboxylic acids is 1. The average molecular weight is 296 g/mol. The summed E-state index contributed by atoms with van der Waals surface area (Å²) in [6.07, 6.45) is 0.544. The highest BCUT2D eigenvalue weighted by Crippen LogP contribution is 2.06. The Morgan fingerprint density at radius 1 is 1.38 bits per heavy atom. The molecule has 0 radical (unpaired) electrons. The molecular weight excluding hydrogens is 280 g/mol. The lowest BCUT2D eigenvalue weighted by atomic mass is 10.4. The number of nitrogens with one attached hydrogen (secondary N) is 1. The summed E-state index contributed by atoms with van der Waals surface area (Å²) in [5.74, 6) is -1.65. The zero-order chi connectivity index (χ0) is 15.6. The lowest BCUT2D eigenvalue weighted by Crippen LogP contribution is -2.39. The number of aromatic carboxylic acids is 1. The summed E-state index contributed by atoms with van der Waals surface area (Å²) in [7, 11) is 1.54. The summed E-state index contributed by atoms with van der Waals surface area (Å²) in [5, 5.41) is 8.97. The van der Waals surface area contributed by atoms with Crippen molar-refractivity contribution in [2.24, 2.45) is 0 Å². The quantitative estimate of drug-likeness (QED) is 0.703. The Kier molecular flexibility index (Phi) is 4.22. The molecule has 0 saturated carbocycles. The summed E-state index contributed by atoms with van der Waals surface area (Å²) < 4.78 is 7.27. The second kappa shape index (κ2) is 5.92. The molecule has 0 saturated heterocycles. The topological polar surface area (TPSA) is 119 Å². The minimum absolute atomic E-state index is 0.0197. The van der Waals surface area contributed by atoms with Gasteiger partial charge in [0.15, 0.2) is 11.2 Å². The SMILES string of the molecule is CCn1c(=O)c2[nH]c(C(=O)O)nc2n(CCCOC)c1=O. The highest BCUT2D eigenvalue weighted by molar-refractivity contribution is 5.87. The van der Waals surface area contributed by atoms with Gasteiger partial charge in [0, 0.05) is 26.8 Å². The molecule has 2 aromatic rings. The molecule has 9 heteroatoms. The molecule has 114 valence electrons. The molecule has 21 heavy (non-hydrogen) atoms. The van der Waals surface area contributed by atoms with Gasteiger partial charge in [-0.05, 0) is 13.3 Å². The van der Waals surface area contributed by atoms with Gasteiger partial charge in [0.25, 0.3) is 5.56 Å². The number of hydrogen-bond donors (Lipinski definition) is 2. The van der Waals surface area contributed by atoms with Crippen molar-refractivity contribution in [3.63, 3.8) is 0 Å². The Morgan fingerprint density at radius 2 is 2.10 bits per heavy atom. The van der Waals surface area contributed by atoms with E-state index in [9.17, 15) is 14.4 Å². The smallest absolute Gasteiger partial charge is 0.371 e. The van der Waals surface area contributed by atoms with Crippen LogP contribution >= 0.6 is 0 Å². The van der Waals surface area contributed by atoms with Crippen LogP contribution in [0.2, 0.25) is 0 Å². The molecule has 2 N–H and O–H groups in total. The van der Waals surface area contributed by atoms with E-state index in [1.165, 1.54) is 4.57 Å². The highest BCUT2D eigenvalue weighted by Gasteiger charge is 2.18. The van der Waals surface area contributed by atoms with Gasteiger partial charge in [-0.25, -0.2) is 14.6 Å². The number of aromatic nitrogens is 4. The van der Waals surface area contributed by atoms with Gasteiger partial charge in [0.1, 0.15) is 0 Å². The zero-order valence-electron chi connectivity index (χ0n) is 11.8. The molecule has 0 atom stereocenters. The van der Waals surface area contributed by atoms with E-state index in [-0.39, 0.29) is 30.1 Å². The molecule has 0 spiro atoms. The molecule has 0 bridgehead atoms. The lowest BCUT2D eigenvalue weighted by Gasteiger charge is -2.09. The first-order valence-electron chi connectivity index (χ1n) is 6.46. The van der Waals surface area contributed by atoms with Crippen LogP contribution in [0.25, 0.3) is 11.2 Å². The minimum atomic E-state index is -1.29. The Bertz CT molecular complexity index is 785. The number of hydrogen-bond acceptors (Lipinski definition) is 5. The third kappa shape index (κ3) is 2.59. The van der Waals surface area contributed by atoms with E-state index in [0.717, 1.165) is 4.57 Å². The van der Waals surface area contributed by atoms with Gasteiger partial charge in [-0.2, -0.15) is 0 Å². The number of carboxylic acid groups (broad SMARTS) is 1. The predicted octanol–water partition coefficient (Wildman–Crippen LogP) is -0.359. The van der Waals surface area contributed by atoms with Crippen LogP contribution in [0.5, 0.6) is 0 Å². The van der Waals surface area contributed by atoms with Gasteiger partial charge in [-0.15, -0.1) is 0 Å². The molecule has 0 amide bonds. The molecule has 0 aliphatic heterocycles. The van der Waals surface area contributed by atoms with Crippen LogP contribution in [0.3, 0.4) is 0 Å². The third-order valence-electron chi connectivity index (χ3n) is 3.11. The Labute approximate surface area is 118 Å². The predicted molar refractivity (Wildman–Crippen MR) is 73.7 cm³/mol. The van der Waals surface area contributed by atoms with Gasteiger partial charge in [-0.3, -0.25) is 13.9 Å². The van der Waals surface area contributed by atoms with Crippen molar-refractivity contribution >= 4 is 17.1 Å². The number of imidazole rings is 1. The summed E-state index contributed by atoms with van der Waals surface area (Å²) in [4.78, 5) is 41.7. The van der Waals surface area contributed by atoms with Crippen LogP contribution in [0.1, 0.15) is 24.0 Å². The van der Waals surface area contributed by atoms with Gasteiger partial charge in [0.2, 0.25) is 5.82 Å². The number of fused-ring (bicyclic) bond motifs is 1. The summed E-state index contributed by atoms with van der Waals surface area (Å²) in [6, 6.07) is 0. The van der Waals surface area contributed by atoms with E-state index in [0.29, 0.717) is 13.0 Å². The number of nitrogens with zero attached hydrogens (tertiary/aromatic N) is 3. The normalized spacial score (nSPS) is 11.1. The molecule has 2 aromatic heterocycles. The van der Waals surface area contributed by atoms with Crippen molar-refractivity contribution in [1.29, 1.82) is 0 Å². The monoisotopic (exact) mass is 296 g/mol. The number of ether oxygens (including phenoxy) is 1. The van der Waals surface area contributed by atoms with Crippen LogP contribution < -0.4 is 11.2 Å². The molecule has 0 aromatic carbocycles. The zero-order valence-corrected chi connectivity index (χ0v) is 11.8. The van der Waals surface area contributed by atoms with E-state index in [2.05, 4.69) is 9.97 Å². The molecule has 2 rings (SSSR count). The van der Waals surface area contributed by atoms with Crippen molar-refractivity contribution in [3.05, 3.63) is 26.7 Å². The molecule has 0 unspecified atom stereocenters. The fourth-order valence-corrected chi connectivity index (χ4v) is 2.12. The largest absolute Gasteiger partial charge is 0.475 e. The van der Waals surface area contributed by atoms with Crippen LogP contribution in [0, 0.1) is 0 Å². The van der Waals surface area contributed by atoms with Gasteiger partial charge in [-0.1, -0.05) is 0 Å². The van der Waals surface area contributed by atoms with E-state index in [4.69, 9.17) is 9.84 Å². The van der Waals surface area contributed by atoms with E-state index in [1.54, 1.807) is 14.0 Å². The second-order valence-electron chi connectivity index (χ2n) is 4.42. The van der Waals surface area contributed by atoms with Crippen molar-refractivity contribution in [2.45, 2.75) is 26.4 Å². The average Bonchev–Trinajstić information content (AvgIpc) is 2.88. The fourth-order valence-electron chi connectivity index (χ4n) is 2.12. The number of aryl methyl sites for hydroxylation is 1. The van der Waals surface area contributed by atoms with E-state index < -0.39 is 17.2 Å². The Hall–Kier alpha value is -2.42. The Morgan fingerprint density at radius 3 is 2.67 bits per heavy atom. The minimum Gasteiger partial charge on any atom is -0.475 e. The van der Waals surface area contributed by atoms with E-state index in [1.807, 2.05) is 0 Å². The van der Waals surface area contributed by atoms with Crippen LogP contribution in [-0.4, -0.2) is 43.9 Å². The number of H-pyrrole nitrogens is 1. The first-order chi connectivity index (χ1) is 10.0. The lowest BCUT2D eigenvalue weighted by molar-refractivity contribution is 0.0685. The summed E-state index contributed by atoms with van der Waals surface area (Å²) in [5.41, 5.74) is -0.996. The van der Waals surface area contributed by atoms with Crippen LogP contribution in [0.4, 0.5) is 0 Å². The van der Waals surface area contributed by atoms with Crippen LogP contribution in [-0.2, 0) is 17.8 Å². The number of aromatic amines is 1. The maximum Gasteiger partial charge on any atom is 0.371 e. The van der Waals surface area contributed by atoms with Crippen molar-refractivity contribution in [2.75, 3.05) is 13.7 Å². The number of carbonyl (C=O) groups is 1.